The van der Waals surface area contributed by atoms with Crippen molar-refractivity contribution in [2.75, 3.05) is 6.61 Å². The molecule has 2 rings (SSSR count). The highest BCUT2D eigenvalue weighted by Crippen LogP contribution is 2.38. The van der Waals surface area contributed by atoms with Gasteiger partial charge in [0, 0.05) is 12.1 Å². The van der Waals surface area contributed by atoms with E-state index in [1.807, 2.05) is 0 Å². The number of nitro benzene ring substituents is 2. The van der Waals surface area contributed by atoms with E-state index in [1.54, 1.807) is 27.7 Å². The molecule has 0 aromatic heterocycles. The number of aryl methyl sites for hydroxylation is 1. The topological polar surface area (TPSA) is 156 Å². The number of nitrogens with zero attached hydrogens (tertiary/aromatic N) is 2. The molecule has 0 heterocycles. The summed E-state index contributed by atoms with van der Waals surface area (Å²) in [5, 5.41) is 23.1. The maximum atomic E-state index is 12.8. The molecule has 0 bridgehead atoms. The van der Waals surface area contributed by atoms with Gasteiger partial charge in [-0.1, -0.05) is 38.5 Å². The van der Waals surface area contributed by atoms with Crippen molar-refractivity contribution in [3.8, 4) is 0 Å². The monoisotopic (exact) mass is 466 g/mol. The van der Waals surface area contributed by atoms with Crippen molar-refractivity contribution in [3.05, 3.63) is 73.8 Å². The van der Waals surface area contributed by atoms with Crippen LogP contribution >= 0.6 is 0 Å². The third-order valence-corrected chi connectivity index (χ3v) is 5.41. The predicted octanol–water partition coefficient (Wildman–Crippen LogP) is 3.85. The summed E-state index contributed by atoms with van der Waals surface area (Å²) in [5.74, 6) is -1.31. The van der Waals surface area contributed by atoms with Crippen molar-refractivity contribution in [2.24, 2.45) is 5.41 Å². The van der Waals surface area contributed by atoms with Gasteiger partial charge in [-0.15, -0.1) is 0 Å². The fourth-order valence-electron chi connectivity index (χ4n) is 2.58. The molecule has 0 fully saturated rings. The average molecular weight is 466 g/mol. The standard InChI is InChI=1S/C20H22N2O9S/c1-13-8-10-14(11-9-13)32(28,29)31-18(19(23)30-12-20(2,3)4)17-15(21(24)25)6-5-7-16(17)22(26)27/h5-11,18H,12H2,1-4H3. The lowest BCUT2D eigenvalue weighted by molar-refractivity contribution is -0.396. The summed E-state index contributed by atoms with van der Waals surface area (Å²) >= 11 is 0. The Morgan fingerprint density at radius 1 is 1.00 bits per heavy atom. The van der Waals surface area contributed by atoms with Crippen LogP contribution < -0.4 is 0 Å². The Kier molecular flexibility index (Phi) is 7.31. The Balaban J connectivity index is 2.65. The Morgan fingerprint density at radius 3 is 1.94 bits per heavy atom. The van der Waals surface area contributed by atoms with Crippen LogP contribution in [-0.2, 0) is 23.8 Å². The van der Waals surface area contributed by atoms with Crippen molar-refractivity contribution >= 4 is 27.5 Å². The molecule has 12 heteroatoms. The number of hydrogen-bond acceptors (Lipinski definition) is 9. The number of ether oxygens (including phenoxy) is 1. The van der Waals surface area contributed by atoms with Gasteiger partial charge >= 0.3 is 5.97 Å². The van der Waals surface area contributed by atoms with Crippen LogP contribution in [0.4, 0.5) is 11.4 Å². The molecular weight excluding hydrogens is 444 g/mol. The molecule has 0 N–H and O–H groups in total. The first-order valence-electron chi connectivity index (χ1n) is 9.31. The number of carbonyl (C=O) groups excluding carboxylic acids is 1. The second-order valence-corrected chi connectivity index (χ2v) is 9.71. The second kappa shape index (κ2) is 9.40. The van der Waals surface area contributed by atoms with Crippen LogP contribution in [0.3, 0.4) is 0 Å². The zero-order chi connectivity index (χ0) is 24.3. The minimum absolute atomic E-state index is 0.190. The van der Waals surface area contributed by atoms with Gasteiger partial charge in [0.15, 0.2) is 0 Å². The predicted molar refractivity (Wildman–Crippen MR) is 112 cm³/mol. The molecule has 0 saturated heterocycles. The van der Waals surface area contributed by atoms with Crippen LogP contribution in [0, 0.1) is 32.6 Å². The highest BCUT2D eigenvalue weighted by atomic mass is 32.2. The molecule has 0 aliphatic carbocycles. The first-order chi connectivity index (χ1) is 14.7. The van der Waals surface area contributed by atoms with Gasteiger partial charge in [0.2, 0.25) is 6.10 Å². The van der Waals surface area contributed by atoms with E-state index in [1.165, 1.54) is 24.3 Å². The summed E-state index contributed by atoms with van der Waals surface area (Å²) in [6.07, 6.45) is -2.27. The lowest BCUT2D eigenvalue weighted by Crippen LogP contribution is -2.27. The van der Waals surface area contributed by atoms with E-state index < -0.39 is 54.4 Å². The van der Waals surface area contributed by atoms with E-state index in [0.29, 0.717) is 0 Å². The molecule has 11 nitrogen and oxygen atoms in total. The second-order valence-electron chi connectivity index (χ2n) is 8.14. The molecule has 0 spiro atoms. The number of hydrogen-bond donors (Lipinski definition) is 0. The van der Waals surface area contributed by atoms with Crippen molar-refractivity contribution in [2.45, 2.75) is 38.7 Å². The van der Waals surface area contributed by atoms with Crippen LogP contribution in [0.25, 0.3) is 0 Å². The summed E-state index contributed by atoms with van der Waals surface area (Å²) in [6, 6.07) is 8.27. The Hall–Kier alpha value is -3.38. The lowest BCUT2D eigenvalue weighted by Gasteiger charge is -2.21. The third kappa shape index (κ3) is 6.08. The molecule has 172 valence electrons. The first-order valence-corrected chi connectivity index (χ1v) is 10.7. The van der Waals surface area contributed by atoms with Crippen molar-refractivity contribution in [3.63, 3.8) is 0 Å². The van der Waals surface area contributed by atoms with E-state index in [-0.39, 0.29) is 11.5 Å². The molecule has 0 saturated carbocycles. The fraction of sp³-hybridized carbons (Fsp3) is 0.350. The Bertz CT molecular complexity index is 1100. The maximum Gasteiger partial charge on any atom is 0.342 e. The molecule has 0 amide bonds. The van der Waals surface area contributed by atoms with Gasteiger partial charge in [0.25, 0.3) is 21.5 Å². The van der Waals surface area contributed by atoms with Gasteiger partial charge in [-0.05, 0) is 30.5 Å². The zero-order valence-corrected chi connectivity index (χ0v) is 18.6. The highest BCUT2D eigenvalue weighted by molar-refractivity contribution is 7.86. The zero-order valence-electron chi connectivity index (χ0n) is 17.8. The van der Waals surface area contributed by atoms with Crippen LogP contribution in [0.1, 0.15) is 38.0 Å². The average Bonchev–Trinajstić information content (AvgIpc) is 2.69. The van der Waals surface area contributed by atoms with Gasteiger partial charge in [0.05, 0.1) is 21.3 Å². The van der Waals surface area contributed by atoms with Crippen LogP contribution in [0.2, 0.25) is 0 Å². The van der Waals surface area contributed by atoms with E-state index in [4.69, 9.17) is 8.92 Å². The van der Waals surface area contributed by atoms with E-state index >= 15 is 0 Å². The van der Waals surface area contributed by atoms with Gasteiger partial charge in [-0.3, -0.25) is 20.2 Å². The van der Waals surface area contributed by atoms with E-state index in [0.717, 1.165) is 23.8 Å². The fourth-order valence-corrected chi connectivity index (χ4v) is 3.59. The number of nitro groups is 2. The Morgan fingerprint density at radius 2 is 1.50 bits per heavy atom. The molecular formula is C20H22N2O9S. The summed E-state index contributed by atoms with van der Waals surface area (Å²) in [5.41, 5.74) is -2.31. The van der Waals surface area contributed by atoms with Gasteiger partial charge < -0.3 is 4.74 Å². The normalized spacial score (nSPS) is 12.8. The van der Waals surface area contributed by atoms with Crippen LogP contribution in [-0.4, -0.2) is 30.8 Å². The number of rotatable bonds is 8. The summed E-state index contributed by atoms with van der Waals surface area (Å²) in [7, 11) is -4.65. The number of esters is 1. The number of benzene rings is 2. The van der Waals surface area contributed by atoms with Crippen LogP contribution in [0.15, 0.2) is 47.4 Å². The Labute approximate surface area is 184 Å². The molecule has 1 atom stereocenters. The summed E-state index contributed by atoms with van der Waals surface area (Å²) in [4.78, 5) is 33.7. The highest BCUT2D eigenvalue weighted by Gasteiger charge is 2.41. The lowest BCUT2D eigenvalue weighted by atomic mass is 9.98. The molecule has 2 aromatic carbocycles. The first kappa shape index (κ1) is 24.9. The van der Waals surface area contributed by atoms with E-state index in [2.05, 4.69) is 0 Å². The maximum absolute atomic E-state index is 12.8. The molecule has 1 unspecified atom stereocenters. The minimum Gasteiger partial charge on any atom is -0.463 e. The van der Waals surface area contributed by atoms with E-state index in [9.17, 15) is 33.4 Å². The smallest absolute Gasteiger partial charge is 0.342 e. The van der Waals surface area contributed by atoms with Crippen molar-refractivity contribution in [1.82, 2.24) is 0 Å². The van der Waals surface area contributed by atoms with Gasteiger partial charge in [-0.25, -0.2) is 8.98 Å². The molecule has 0 aliphatic rings. The number of carbonyl (C=O) groups is 1. The van der Waals surface area contributed by atoms with Crippen molar-refractivity contribution in [1.29, 1.82) is 0 Å². The summed E-state index contributed by atoms with van der Waals surface area (Å²) in [6.45, 7) is 6.72. The minimum atomic E-state index is -4.65. The van der Waals surface area contributed by atoms with Crippen molar-refractivity contribution < 1.29 is 32.0 Å². The molecule has 2 aromatic rings. The molecule has 32 heavy (non-hydrogen) atoms. The van der Waals surface area contributed by atoms with Crippen LogP contribution in [0.5, 0.6) is 0 Å². The molecule has 0 radical (unpaired) electrons. The summed E-state index contributed by atoms with van der Waals surface area (Å²) < 4.78 is 35.8. The van der Waals surface area contributed by atoms with Gasteiger partial charge in [0.1, 0.15) is 5.56 Å². The quantitative estimate of drug-likeness (QED) is 0.244. The van der Waals surface area contributed by atoms with Gasteiger partial charge in [-0.2, -0.15) is 8.42 Å². The largest absolute Gasteiger partial charge is 0.463 e. The third-order valence-electron chi connectivity index (χ3n) is 4.11. The SMILES string of the molecule is Cc1ccc(S(=O)(=O)OC(C(=O)OCC(C)(C)C)c2c([N+](=O)[O-])cccc2[N+](=O)[O-])cc1. The molecule has 0 aliphatic heterocycles.